The van der Waals surface area contributed by atoms with Gasteiger partial charge < -0.3 is 15.5 Å². The van der Waals surface area contributed by atoms with E-state index in [4.69, 9.17) is 0 Å². The molecule has 1 amide bonds. The van der Waals surface area contributed by atoms with E-state index in [9.17, 15) is 4.79 Å². The zero-order valence-corrected chi connectivity index (χ0v) is 11.6. The number of hydrogen-bond acceptors (Lipinski definition) is 5. The van der Waals surface area contributed by atoms with Crippen LogP contribution in [-0.4, -0.2) is 55.1 Å². The second-order valence-electron chi connectivity index (χ2n) is 4.45. The van der Waals surface area contributed by atoms with E-state index >= 15 is 0 Å². The molecule has 5 nitrogen and oxygen atoms in total. The highest BCUT2D eigenvalue weighted by atomic mass is 32.1. The van der Waals surface area contributed by atoms with Crippen LogP contribution in [0.15, 0.2) is 5.38 Å². The number of nitrogens with zero attached hydrogens (tertiary/aromatic N) is 2. The number of nitrogens with one attached hydrogen (secondary N) is 2. The van der Waals surface area contributed by atoms with Crippen LogP contribution in [-0.2, 0) is 0 Å². The van der Waals surface area contributed by atoms with Crippen LogP contribution < -0.4 is 10.6 Å². The third kappa shape index (κ3) is 4.04. The Morgan fingerprint density at radius 2 is 2.33 bits per heavy atom. The van der Waals surface area contributed by atoms with E-state index in [0.29, 0.717) is 5.69 Å². The lowest BCUT2D eigenvalue weighted by Gasteiger charge is -2.26. The normalized spacial score (nSPS) is 16.7. The summed E-state index contributed by atoms with van der Waals surface area (Å²) < 4.78 is 0. The Kier molecular flexibility index (Phi) is 5.10. The standard InChI is InChI=1S/C12H20N4OS/c1-10-15-11(9-18-10)12(17)14-3-2-6-16-7-4-13-5-8-16/h9,13H,2-8H2,1H3,(H,14,17). The van der Waals surface area contributed by atoms with E-state index in [1.165, 1.54) is 11.3 Å². The molecule has 1 aliphatic heterocycles. The topological polar surface area (TPSA) is 57.3 Å². The van der Waals surface area contributed by atoms with Crippen LogP contribution >= 0.6 is 11.3 Å². The molecule has 2 N–H and O–H groups in total. The zero-order chi connectivity index (χ0) is 12.8. The Balaban J connectivity index is 1.61. The van der Waals surface area contributed by atoms with Crippen molar-refractivity contribution in [2.75, 3.05) is 39.3 Å². The third-order valence-electron chi connectivity index (χ3n) is 3.00. The number of aromatic nitrogens is 1. The van der Waals surface area contributed by atoms with Gasteiger partial charge in [-0.1, -0.05) is 0 Å². The van der Waals surface area contributed by atoms with E-state index in [1.807, 2.05) is 6.92 Å². The summed E-state index contributed by atoms with van der Waals surface area (Å²) in [5.41, 5.74) is 0.541. The first-order valence-corrected chi connectivity index (χ1v) is 7.27. The van der Waals surface area contributed by atoms with Gasteiger partial charge in [0.15, 0.2) is 0 Å². The maximum Gasteiger partial charge on any atom is 0.270 e. The maximum atomic E-state index is 11.7. The minimum Gasteiger partial charge on any atom is -0.351 e. The van der Waals surface area contributed by atoms with Gasteiger partial charge in [0, 0.05) is 38.1 Å². The smallest absolute Gasteiger partial charge is 0.270 e. The Morgan fingerprint density at radius 1 is 1.56 bits per heavy atom. The van der Waals surface area contributed by atoms with Gasteiger partial charge in [-0.25, -0.2) is 4.98 Å². The van der Waals surface area contributed by atoms with Crippen molar-refractivity contribution in [3.63, 3.8) is 0 Å². The van der Waals surface area contributed by atoms with Crippen LogP contribution in [0.1, 0.15) is 21.9 Å². The SMILES string of the molecule is Cc1nc(C(=O)NCCCN2CCNCC2)cs1. The lowest BCUT2D eigenvalue weighted by molar-refractivity contribution is 0.0947. The summed E-state index contributed by atoms with van der Waals surface area (Å²) in [6.45, 7) is 8.05. The number of thiazole rings is 1. The molecule has 0 unspecified atom stereocenters. The van der Waals surface area contributed by atoms with Crippen molar-refractivity contribution in [1.82, 2.24) is 20.5 Å². The number of hydrogen-bond donors (Lipinski definition) is 2. The Labute approximate surface area is 112 Å². The molecule has 2 rings (SSSR count). The first kappa shape index (κ1) is 13.5. The van der Waals surface area contributed by atoms with Crippen molar-refractivity contribution in [1.29, 1.82) is 0 Å². The highest BCUT2D eigenvalue weighted by molar-refractivity contribution is 7.09. The van der Waals surface area contributed by atoms with E-state index in [-0.39, 0.29) is 5.91 Å². The van der Waals surface area contributed by atoms with Crippen molar-refractivity contribution < 1.29 is 4.79 Å². The summed E-state index contributed by atoms with van der Waals surface area (Å²) in [4.78, 5) is 18.3. The van der Waals surface area contributed by atoms with E-state index < -0.39 is 0 Å². The van der Waals surface area contributed by atoms with Gasteiger partial charge in [-0.05, 0) is 19.9 Å². The molecule has 100 valence electrons. The quantitative estimate of drug-likeness (QED) is 0.763. The molecule has 0 spiro atoms. The number of carbonyl (C=O) groups excluding carboxylic acids is 1. The molecule has 1 aliphatic rings. The molecule has 0 radical (unpaired) electrons. The van der Waals surface area contributed by atoms with E-state index in [0.717, 1.165) is 50.7 Å². The number of aryl methyl sites for hydroxylation is 1. The molecular weight excluding hydrogens is 248 g/mol. The predicted molar refractivity (Wildman–Crippen MR) is 73.1 cm³/mol. The molecule has 1 aromatic rings. The molecule has 1 aromatic heterocycles. The van der Waals surface area contributed by atoms with Crippen LogP contribution in [0.25, 0.3) is 0 Å². The molecule has 6 heteroatoms. The zero-order valence-electron chi connectivity index (χ0n) is 10.7. The molecule has 18 heavy (non-hydrogen) atoms. The van der Waals surface area contributed by atoms with E-state index in [2.05, 4.69) is 20.5 Å². The molecule has 0 bridgehead atoms. The van der Waals surface area contributed by atoms with Gasteiger partial charge in [0.1, 0.15) is 5.69 Å². The van der Waals surface area contributed by atoms with Gasteiger partial charge in [0.2, 0.25) is 0 Å². The Hall–Kier alpha value is -0.980. The first-order valence-electron chi connectivity index (χ1n) is 6.39. The predicted octanol–water partition coefficient (Wildman–Crippen LogP) is 0.477. The van der Waals surface area contributed by atoms with Crippen molar-refractivity contribution in [3.8, 4) is 0 Å². The second kappa shape index (κ2) is 6.82. The number of rotatable bonds is 5. The van der Waals surface area contributed by atoms with Crippen LogP contribution in [0.2, 0.25) is 0 Å². The third-order valence-corrected chi connectivity index (χ3v) is 3.77. The Morgan fingerprint density at radius 3 is 3.00 bits per heavy atom. The average molecular weight is 268 g/mol. The highest BCUT2D eigenvalue weighted by Crippen LogP contribution is 2.07. The summed E-state index contributed by atoms with van der Waals surface area (Å²) in [5, 5.41) is 8.98. The van der Waals surface area contributed by atoms with Gasteiger partial charge in [-0.2, -0.15) is 0 Å². The number of amides is 1. The lowest BCUT2D eigenvalue weighted by Crippen LogP contribution is -2.44. The van der Waals surface area contributed by atoms with Crippen LogP contribution in [0.4, 0.5) is 0 Å². The molecule has 0 aromatic carbocycles. The Bertz CT molecular complexity index is 387. The van der Waals surface area contributed by atoms with Crippen molar-refractivity contribution >= 4 is 17.2 Å². The van der Waals surface area contributed by atoms with Gasteiger partial charge in [0.05, 0.1) is 5.01 Å². The fourth-order valence-electron chi connectivity index (χ4n) is 2.00. The monoisotopic (exact) mass is 268 g/mol. The minimum absolute atomic E-state index is 0.0559. The van der Waals surface area contributed by atoms with Crippen LogP contribution in [0.3, 0.4) is 0 Å². The summed E-state index contributed by atoms with van der Waals surface area (Å²) in [5.74, 6) is -0.0559. The van der Waals surface area contributed by atoms with E-state index in [1.54, 1.807) is 5.38 Å². The summed E-state index contributed by atoms with van der Waals surface area (Å²) in [6.07, 6.45) is 0.995. The van der Waals surface area contributed by atoms with Gasteiger partial charge in [-0.3, -0.25) is 4.79 Å². The van der Waals surface area contributed by atoms with Gasteiger partial charge in [0.25, 0.3) is 5.91 Å². The largest absolute Gasteiger partial charge is 0.351 e. The molecule has 1 fully saturated rings. The van der Waals surface area contributed by atoms with Gasteiger partial charge >= 0.3 is 0 Å². The molecule has 1 saturated heterocycles. The highest BCUT2D eigenvalue weighted by Gasteiger charge is 2.10. The van der Waals surface area contributed by atoms with Crippen molar-refractivity contribution in [3.05, 3.63) is 16.1 Å². The fraction of sp³-hybridized carbons (Fsp3) is 0.667. The molecule has 2 heterocycles. The van der Waals surface area contributed by atoms with Crippen LogP contribution in [0.5, 0.6) is 0 Å². The summed E-state index contributed by atoms with van der Waals surface area (Å²) >= 11 is 1.51. The molecule has 0 atom stereocenters. The molecule has 0 aliphatic carbocycles. The minimum atomic E-state index is -0.0559. The first-order chi connectivity index (χ1) is 8.75. The summed E-state index contributed by atoms with van der Waals surface area (Å²) in [7, 11) is 0. The van der Waals surface area contributed by atoms with Gasteiger partial charge in [-0.15, -0.1) is 11.3 Å². The molecular formula is C12H20N4OS. The lowest BCUT2D eigenvalue weighted by atomic mass is 10.3. The van der Waals surface area contributed by atoms with Crippen LogP contribution in [0, 0.1) is 6.92 Å². The average Bonchev–Trinajstić information content (AvgIpc) is 2.82. The fourth-order valence-corrected chi connectivity index (χ4v) is 2.59. The number of carbonyl (C=O) groups is 1. The van der Waals surface area contributed by atoms with Crippen molar-refractivity contribution in [2.45, 2.75) is 13.3 Å². The van der Waals surface area contributed by atoms with Crippen molar-refractivity contribution in [2.24, 2.45) is 0 Å². The summed E-state index contributed by atoms with van der Waals surface area (Å²) in [6, 6.07) is 0. The number of piperazine rings is 1. The maximum absolute atomic E-state index is 11.7. The second-order valence-corrected chi connectivity index (χ2v) is 5.52. The molecule has 0 saturated carbocycles.